The molecule has 0 bridgehead atoms. The van der Waals surface area contributed by atoms with E-state index >= 15 is 0 Å². The van der Waals surface area contributed by atoms with E-state index in [-0.39, 0.29) is 18.0 Å². The minimum absolute atomic E-state index is 0.125. The van der Waals surface area contributed by atoms with Gasteiger partial charge in [-0.05, 0) is 31.4 Å². The Kier molecular flexibility index (Phi) is 5.72. The molecule has 0 saturated carbocycles. The van der Waals surface area contributed by atoms with E-state index in [0.29, 0.717) is 18.1 Å². The fourth-order valence-corrected chi connectivity index (χ4v) is 1.49. The van der Waals surface area contributed by atoms with Gasteiger partial charge in [0.2, 0.25) is 0 Å². The van der Waals surface area contributed by atoms with Crippen LogP contribution in [-0.4, -0.2) is 23.2 Å². The lowest BCUT2D eigenvalue weighted by atomic mass is 10.2. The Labute approximate surface area is 104 Å². The van der Waals surface area contributed by atoms with Crippen molar-refractivity contribution >= 4 is 17.3 Å². The molecule has 17 heavy (non-hydrogen) atoms. The van der Waals surface area contributed by atoms with E-state index in [1.54, 1.807) is 6.07 Å². The van der Waals surface area contributed by atoms with E-state index in [1.807, 2.05) is 0 Å². The van der Waals surface area contributed by atoms with E-state index in [9.17, 15) is 10.1 Å². The molecule has 0 fully saturated rings. The van der Waals surface area contributed by atoms with Crippen LogP contribution in [0.4, 0.5) is 5.69 Å². The van der Waals surface area contributed by atoms with Crippen molar-refractivity contribution in [1.29, 1.82) is 0 Å². The lowest BCUT2D eigenvalue weighted by molar-refractivity contribution is -0.385. The highest BCUT2D eigenvalue weighted by atomic mass is 35.5. The average Bonchev–Trinajstić information content (AvgIpc) is 2.30. The van der Waals surface area contributed by atoms with Crippen molar-refractivity contribution in [2.75, 3.05) is 13.2 Å². The van der Waals surface area contributed by atoms with Crippen LogP contribution in [0.25, 0.3) is 0 Å². The Morgan fingerprint density at radius 3 is 2.76 bits per heavy atom. The number of halogens is 1. The molecule has 1 rings (SSSR count). The number of nitro benzene ring substituents is 1. The molecule has 1 aromatic rings. The third kappa shape index (κ3) is 4.58. The van der Waals surface area contributed by atoms with Gasteiger partial charge in [-0.15, -0.1) is 0 Å². The summed E-state index contributed by atoms with van der Waals surface area (Å²) in [7, 11) is 0. The predicted molar refractivity (Wildman–Crippen MR) is 64.5 cm³/mol. The van der Waals surface area contributed by atoms with Gasteiger partial charge in [0.15, 0.2) is 5.75 Å². The minimum atomic E-state index is -0.519. The first kappa shape index (κ1) is 13.7. The summed E-state index contributed by atoms with van der Waals surface area (Å²) in [5.74, 6) is 0.225. The number of aliphatic hydroxyl groups is 1. The summed E-state index contributed by atoms with van der Waals surface area (Å²) >= 11 is 5.68. The molecule has 0 heterocycles. The normalized spacial score (nSPS) is 10.2. The standard InChI is InChI=1S/C11H14ClNO4/c12-9-4-5-11(10(8-9)13(15)16)17-7-3-1-2-6-14/h4-5,8,14H,1-3,6-7H2. The minimum Gasteiger partial charge on any atom is -0.487 e. The molecule has 0 radical (unpaired) electrons. The van der Waals surface area contributed by atoms with Crippen molar-refractivity contribution in [3.63, 3.8) is 0 Å². The monoisotopic (exact) mass is 259 g/mol. The smallest absolute Gasteiger partial charge is 0.312 e. The van der Waals surface area contributed by atoms with Crippen LogP contribution >= 0.6 is 11.6 Å². The molecular formula is C11H14ClNO4. The van der Waals surface area contributed by atoms with E-state index in [4.69, 9.17) is 21.4 Å². The first-order valence-corrected chi connectivity index (χ1v) is 5.70. The van der Waals surface area contributed by atoms with Gasteiger partial charge < -0.3 is 9.84 Å². The summed E-state index contributed by atoms with van der Waals surface area (Å²) in [4.78, 5) is 10.2. The Balaban J connectivity index is 2.55. The molecule has 0 unspecified atom stereocenters. The van der Waals surface area contributed by atoms with Crippen LogP contribution < -0.4 is 4.74 Å². The van der Waals surface area contributed by atoms with Gasteiger partial charge in [0.05, 0.1) is 11.5 Å². The summed E-state index contributed by atoms with van der Waals surface area (Å²) in [6, 6.07) is 4.31. The van der Waals surface area contributed by atoms with Gasteiger partial charge in [-0.25, -0.2) is 0 Å². The highest BCUT2D eigenvalue weighted by Crippen LogP contribution is 2.29. The van der Waals surface area contributed by atoms with Crippen LogP contribution in [0.3, 0.4) is 0 Å². The Morgan fingerprint density at radius 1 is 1.35 bits per heavy atom. The first-order chi connectivity index (χ1) is 8.15. The lowest BCUT2D eigenvalue weighted by Crippen LogP contribution is -2.01. The molecular weight excluding hydrogens is 246 g/mol. The molecule has 94 valence electrons. The number of nitrogens with zero attached hydrogens (tertiary/aromatic N) is 1. The Morgan fingerprint density at radius 2 is 2.12 bits per heavy atom. The second-order valence-electron chi connectivity index (χ2n) is 3.50. The summed E-state index contributed by atoms with van der Waals surface area (Å²) < 4.78 is 5.32. The van der Waals surface area contributed by atoms with Gasteiger partial charge in [-0.2, -0.15) is 0 Å². The largest absolute Gasteiger partial charge is 0.487 e. The van der Waals surface area contributed by atoms with Crippen molar-refractivity contribution < 1.29 is 14.8 Å². The topological polar surface area (TPSA) is 72.6 Å². The Bertz CT molecular complexity index is 384. The maximum atomic E-state index is 10.7. The van der Waals surface area contributed by atoms with E-state index < -0.39 is 4.92 Å². The third-order valence-electron chi connectivity index (χ3n) is 2.18. The molecule has 0 amide bonds. The summed E-state index contributed by atoms with van der Waals surface area (Å²) in [5.41, 5.74) is -0.125. The van der Waals surface area contributed by atoms with Gasteiger partial charge in [-0.3, -0.25) is 10.1 Å². The number of aliphatic hydroxyl groups excluding tert-OH is 1. The van der Waals surface area contributed by atoms with Crippen molar-refractivity contribution in [3.8, 4) is 5.75 Å². The number of hydrogen-bond acceptors (Lipinski definition) is 4. The maximum absolute atomic E-state index is 10.7. The SMILES string of the molecule is O=[N+]([O-])c1cc(Cl)ccc1OCCCCCO. The Hall–Kier alpha value is -1.33. The molecule has 0 aliphatic heterocycles. The third-order valence-corrected chi connectivity index (χ3v) is 2.41. The second kappa shape index (κ2) is 7.09. The maximum Gasteiger partial charge on any atom is 0.312 e. The number of benzene rings is 1. The van der Waals surface area contributed by atoms with E-state index in [0.717, 1.165) is 12.8 Å². The van der Waals surface area contributed by atoms with Crippen LogP contribution in [0.2, 0.25) is 5.02 Å². The molecule has 1 aromatic carbocycles. The average molecular weight is 260 g/mol. The van der Waals surface area contributed by atoms with Gasteiger partial charge in [0, 0.05) is 17.7 Å². The summed E-state index contributed by atoms with van der Waals surface area (Å²) in [6.07, 6.45) is 2.30. The lowest BCUT2D eigenvalue weighted by Gasteiger charge is -2.06. The molecule has 0 spiro atoms. The van der Waals surface area contributed by atoms with Gasteiger partial charge in [-0.1, -0.05) is 11.6 Å². The van der Waals surface area contributed by atoms with Crippen molar-refractivity contribution in [3.05, 3.63) is 33.3 Å². The molecule has 0 saturated heterocycles. The zero-order valence-electron chi connectivity index (χ0n) is 9.26. The van der Waals surface area contributed by atoms with E-state index in [1.165, 1.54) is 12.1 Å². The fourth-order valence-electron chi connectivity index (χ4n) is 1.33. The summed E-state index contributed by atoms with van der Waals surface area (Å²) in [6.45, 7) is 0.545. The number of nitro groups is 1. The second-order valence-corrected chi connectivity index (χ2v) is 3.94. The molecule has 1 N–H and O–H groups in total. The van der Waals surface area contributed by atoms with Gasteiger partial charge in [0.1, 0.15) is 0 Å². The predicted octanol–water partition coefficient (Wildman–Crippen LogP) is 2.79. The van der Waals surface area contributed by atoms with Crippen molar-refractivity contribution in [2.45, 2.75) is 19.3 Å². The van der Waals surface area contributed by atoms with E-state index in [2.05, 4.69) is 0 Å². The number of ether oxygens (including phenoxy) is 1. The molecule has 0 aromatic heterocycles. The first-order valence-electron chi connectivity index (χ1n) is 5.32. The molecule has 0 aliphatic carbocycles. The number of unbranched alkanes of at least 4 members (excludes halogenated alkanes) is 2. The van der Waals surface area contributed by atoms with Crippen LogP contribution in [0.1, 0.15) is 19.3 Å². The zero-order chi connectivity index (χ0) is 12.7. The summed E-state index contributed by atoms with van der Waals surface area (Å²) in [5, 5.41) is 19.6. The quantitative estimate of drug-likeness (QED) is 0.464. The van der Waals surface area contributed by atoms with Crippen molar-refractivity contribution in [2.24, 2.45) is 0 Å². The molecule has 0 aliphatic rings. The number of rotatable bonds is 7. The van der Waals surface area contributed by atoms with Crippen molar-refractivity contribution in [1.82, 2.24) is 0 Å². The van der Waals surface area contributed by atoms with Gasteiger partial charge in [0.25, 0.3) is 0 Å². The molecule has 5 nitrogen and oxygen atoms in total. The zero-order valence-corrected chi connectivity index (χ0v) is 10.0. The van der Waals surface area contributed by atoms with Crippen LogP contribution in [-0.2, 0) is 0 Å². The number of hydrogen-bond donors (Lipinski definition) is 1. The highest BCUT2D eigenvalue weighted by Gasteiger charge is 2.15. The van der Waals surface area contributed by atoms with Crippen LogP contribution in [0, 0.1) is 10.1 Å². The van der Waals surface area contributed by atoms with Crippen LogP contribution in [0.15, 0.2) is 18.2 Å². The van der Waals surface area contributed by atoms with Gasteiger partial charge >= 0.3 is 5.69 Å². The fraction of sp³-hybridized carbons (Fsp3) is 0.455. The van der Waals surface area contributed by atoms with Crippen LogP contribution in [0.5, 0.6) is 5.75 Å². The molecule has 0 atom stereocenters. The molecule has 6 heteroatoms. The highest BCUT2D eigenvalue weighted by molar-refractivity contribution is 6.30.